The molecule has 0 bridgehead atoms. The predicted octanol–water partition coefficient (Wildman–Crippen LogP) is 7.09. The van der Waals surface area contributed by atoms with Crippen molar-refractivity contribution in [3.8, 4) is 11.5 Å². The van der Waals surface area contributed by atoms with Crippen molar-refractivity contribution in [3.05, 3.63) is 29.3 Å². The van der Waals surface area contributed by atoms with Crippen LogP contribution in [0.3, 0.4) is 0 Å². The number of aryl methyl sites for hydroxylation is 1. The highest BCUT2D eigenvalue weighted by Gasteiger charge is 2.30. The third-order valence-electron chi connectivity index (χ3n) is 8.13. The number of nitrogens with zero attached hydrogens (tertiary/aromatic N) is 7. The highest BCUT2D eigenvalue weighted by molar-refractivity contribution is 6.28. The number of benzene rings is 1. The number of carbonyl (C=O) groups is 2. The molecule has 1 saturated carbocycles. The Morgan fingerprint density at radius 2 is 1.54 bits per heavy atom. The number of fused-ring (bicyclic) bond motifs is 1. The van der Waals surface area contributed by atoms with Crippen LogP contribution in [0.4, 0.5) is 15.4 Å². The summed E-state index contributed by atoms with van der Waals surface area (Å²) in [6.45, 7) is 13.5. The van der Waals surface area contributed by atoms with E-state index in [0.29, 0.717) is 74.1 Å². The topological polar surface area (TPSA) is 146 Å². The lowest BCUT2D eigenvalue weighted by Crippen LogP contribution is -2.46. The molecule has 2 heterocycles. The molecule has 4 rings (SSSR count). The smallest absolute Gasteiger partial charge is 0.410 e. The molecular weight excluding hydrogens is 664 g/mol. The molecule has 0 aliphatic heterocycles. The Labute approximate surface area is 300 Å². The molecular formula is C35H53ClN8O6. The molecule has 14 nitrogen and oxygen atoms in total. The monoisotopic (exact) mass is 716 g/mol. The summed E-state index contributed by atoms with van der Waals surface area (Å²) in [5.74, 6) is 1.61. The van der Waals surface area contributed by atoms with Gasteiger partial charge in [0.2, 0.25) is 5.28 Å². The Balaban J connectivity index is 1.36. The first-order valence-corrected chi connectivity index (χ1v) is 17.7. The lowest BCUT2D eigenvalue weighted by Gasteiger charge is -2.36. The zero-order chi connectivity index (χ0) is 36.5. The van der Waals surface area contributed by atoms with Gasteiger partial charge in [-0.15, -0.1) is 5.10 Å². The number of hydrogen-bond acceptors (Lipinski definition) is 11. The first kappa shape index (κ1) is 38.7. The minimum atomic E-state index is -0.635. The van der Waals surface area contributed by atoms with Crippen molar-refractivity contribution in [1.82, 2.24) is 34.8 Å². The highest BCUT2D eigenvalue weighted by Crippen LogP contribution is 2.34. The van der Waals surface area contributed by atoms with Gasteiger partial charge in [0.05, 0.1) is 32.5 Å². The van der Waals surface area contributed by atoms with Crippen molar-refractivity contribution >= 4 is 40.5 Å². The number of ether oxygens (including phenoxy) is 4. The highest BCUT2D eigenvalue weighted by atomic mass is 35.5. The summed E-state index contributed by atoms with van der Waals surface area (Å²) >= 11 is 6.21. The quantitative estimate of drug-likeness (QED) is 0.171. The molecule has 50 heavy (non-hydrogen) atoms. The van der Waals surface area contributed by atoms with E-state index in [1.807, 2.05) is 52.6 Å². The zero-order valence-electron chi connectivity index (χ0n) is 30.8. The van der Waals surface area contributed by atoms with Crippen molar-refractivity contribution in [2.75, 3.05) is 39.2 Å². The molecule has 0 atom stereocenters. The standard InChI is InChI=1S/C35H53ClN8O6/c1-34(2,3)49-32(45)42(17-13-19-44(25-14-10-9-11-15-25)33(46)50-35(4,5)6)16-12-18-43-23-24(40-41-43)22-37-30-26-20-28(47-7)29(48-8)21-27(26)38-31(36)39-30/h20-21,23,25H,9-19,22H2,1-8H3,(H,37,38,39). The predicted molar refractivity (Wildman–Crippen MR) is 192 cm³/mol. The van der Waals surface area contributed by atoms with Crippen LogP contribution in [-0.2, 0) is 22.6 Å². The van der Waals surface area contributed by atoms with Crippen LogP contribution in [0.5, 0.6) is 11.5 Å². The van der Waals surface area contributed by atoms with Crippen LogP contribution in [0.1, 0.15) is 92.2 Å². The molecule has 0 radical (unpaired) electrons. The zero-order valence-corrected chi connectivity index (χ0v) is 31.5. The lowest BCUT2D eigenvalue weighted by atomic mass is 9.94. The lowest BCUT2D eigenvalue weighted by molar-refractivity contribution is 0.00994. The van der Waals surface area contributed by atoms with Crippen LogP contribution in [0.15, 0.2) is 18.3 Å². The van der Waals surface area contributed by atoms with Crippen LogP contribution < -0.4 is 14.8 Å². The van der Waals surface area contributed by atoms with E-state index >= 15 is 0 Å². The molecule has 1 aromatic carbocycles. The number of aromatic nitrogens is 5. The van der Waals surface area contributed by atoms with E-state index in [9.17, 15) is 9.59 Å². The fraction of sp³-hybridized carbons (Fsp3) is 0.657. The molecule has 1 fully saturated rings. The second kappa shape index (κ2) is 17.2. The Bertz CT molecular complexity index is 1580. The number of anilines is 1. The van der Waals surface area contributed by atoms with E-state index in [-0.39, 0.29) is 23.5 Å². The molecule has 1 aliphatic rings. The number of rotatable bonds is 14. The Morgan fingerprint density at radius 3 is 2.20 bits per heavy atom. The molecule has 0 unspecified atom stereocenters. The van der Waals surface area contributed by atoms with E-state index in [2.05, 4.69) is 25.6 Å². The van der Waals surface area contributed by atoms with E-state index in [1.165, 1.54) is 6.42 Å². The molecule has 0 spiro atoms. The molecule has 1 N–H and O–H groups in total. The summed E-state index contributed by atoms with van der Waals surface area (Å²) in [5, 5.41) is 12.7. The van der Waals surface area contributed by atoms with Gasteiger partial charge in [0.25, 0.3) is 0 Å². The minimum absolute atomic E-state index is 0.0944. The van der Waals surface area contributed by atoms with Gasteiger partial charge < -0.3 is 34.1 Å². The van der Waals surface area contributed by atoms with Gasteiger partial charge in [0, 0.05) is 43.7 Å². The maximum Gasteiger partial charge on any atom is 0.410 e. The van der Waals surface area contributed by atoms with Gasteiger partial charge in [-0.05, 0) is 84.9 Å². The number of methoxy groups -OCH3 is 2. The van der Waals surface area contributed by atoms with Gasteiger partial charge in [-0.2, -0.15) is 0 Å². The molecule has 2 aromatic heterocycles. The maximum absolute atomic E-state index is 13.2. The van der Waals surface area contributed by atoms with Crippen LogP contribution in [0, 0.1) is 0 Å². The van der Waals surface area contributed by atoms with Crippen molar-refractivity contribution in [2.24, 2.45) is 0 Å². The third-order valence-corrected chi connectivity index (χ3v) is 8.30. The van der Waals surface area contributed by atoms with E-state index in [4.69, 9.17) is 30.5 Å². The van der Waals surface area contributed by atoms with Crippen molar-refractivity contribution in [3.63, 3.8) is 0 Å². The normalized spacial score (nSPS) is 13.9. The van der Waals surface area contributed by atoms with Crippen LogP contribution in [-0.4, -0.2) is 98.0 Å². The maximum atomic E-state index is 13.2. The Kier molecular flexibility index (Phi) is 13.3. The average molecular weight is 717 g/mol. The Morgan fingerprint density at radius 1 is 0.900 bits per heavy atom. The first-order valence-electron chi connectivity index (χ1n) is 17.4. The molecule has 1 aliphatic carbocycles. The van der Waals surface area contributed by atoms with Crippen LogP contribution in [0.25, 0.3) is 10.9 Å². The number of nitrogens with one attached hydrogen (secondary N) is 1. The summed E-state index contributed by atoms with van der Waals surface area (Å²) in [6, 6.07) is 3.70. The second-order valence-corrected chi connectivity index (χ2v) is 14.9. The minimum Gasteiger partial charge on any atom is -0.493 e. The van der Waals surface area contributed by atoms with Crippen molar-refractivity contribution < 1.29 is 28.5 Å². The van der Waals surface area contributed by atoms with Gasteiger partial charge in [-0.3, -0.25) is 4.68 Å². The van der Waals surface area contributed by atoms with Crippen molar-refractivity contribution in [2.45, 2.75) is 117 Å². The van der Waals surface area contributed by atoms with Gasteiger partial charge in [-0.1, -0.05) is 24.5 Å². The summed E-state index contributed by atoms with van der Waals surface area (Å²) in [4.78, 5) is 38.7. The van der Waals surface area contributed by atoms with E-state index < -0.39 is 11.2 Å². The SMILES string of the molecule is COc1cc2nc(Cl)nc(NCc3cn(CCCN(CCCN(C(=O)OC(C)(C)C)C4CCCCC4)C(=O)OC(C)(C)C)nn3)c2cc1OC. The first-order chi connectivity index (χ1) is 23.7. The summed E-state index contributed by atoms with van der Waals surface area (Å²) in [5.41, 5.74) is 0.0895. The number of carbonyl (C=O) groups excluding carboxylic acids is 2. The van der Waals surface area contributed by atoms with E-state index in [1.54, 1.807) is 35.9 Å². The summed E-state index contributed by atoms with van der Waals surface area (Å²) in [6.07, 6.45) is 7.74. The van der Waals surface area contributed by atoms with Crippen LogP contribution >= 0.6 is 11.6 Å². The van der Waals surface area contributed by atoms with Crippen LogP contribution in [0.2, 0.25) is 5.28 Å². The Hall–Kier alpha value is -4.07. The van der Waals surface area contributed by atoms with Gasteiger partial charge in [-0.25, -0.2) is 19.6 Å². The fourth-order valence-corrected chi connectivity index (χ4v) is 6.05. The van der Waals surface area contributed by atoms with E-state index in [0.717, 1.165) is 31.1 Å². The molecule has 0 saturated heterocycles. The molecule has 276 valence electrons. The van der Waals surface area contributed by atoms with Gasteiger partial charge in [0.15, 0.2) is 11.5 Å². The van der Waals surface area contributed by atoms with Gasteiger partial charge in [0.1, 0.15) is 22.7 Å². The van der Waals surface area contributed by atoms with Crippen molar-refractivity contribution in [1.29, 1.82) is 0 Å². The number of amides is 2. The molecule has 3 aromatic rings. The summed E-state index contributed by atoms with van der Waals surface area (Å²) < 4.78 is 24.1. The average Bonchev–Trinajstić information content (AvgIpc) is 3.50. The third kappa shape index (κ3) is 11.5. The molecule has 2 amide bonds. The summed E-state index contributed by atoms with van der Waals surface area (Å²) in [7, 11) is 3.13. The fourth-order valence-electron chi connectivity index (χ4n) is 5.88. The molecule has 15 heteroatoms. The largest absolute Gasteiger partial charge is 0.493 e. The number of halogens is 1. The van der Waals surface area contributed by atoms with Gasteiger partial charge >= 0.3 is 12.2 Å². The second-order valence-electron chi connectivity index (χ2n) is 14.5. The number of hydrogen-bond donors (Lipinski definition) is 1.